The van der Waals surface area contributed by atoms with Crippen LogP contribution in [0.15, 0.2) is 18.2 Å². The molecule has 0 spiro atoms. The van der Waals surface area contributed by atoms with Crippen LogP contribution in [0.25, 0.3) is 0 Å². The van der Waals surface area contributed by atoms with Crippen LogP contribution in [0.2, 0.25) is 5.02 Å². The van der Waals surface area contributed by atoms with Gasteiger partial charge in [-0.3, -0.25) is 9.69 Å². The van der Waals surface area contributed by atoms with Crippen LogP contribution >= 0.6 is 11.6 Å². The lowest BCUT2D eigenvalue weighted by atomic mass is 10.0. The highest BCUT2D eigenvalue weighted by Gasteiger charge is 2.29. The summed E-state index contributed by atoms with van der Waals surface area (Å²) in [5, 5.41) is 3.70. The van der Waals surface area contributed by atoms with Gasteiger partial charge >= 0.3 is 0 Å². The molecule has 0 aromatic heterocycles. The van der Waals surface area contributed by atoms with Gasteiger partial charge in [-0.15, -0.1) is 0 Å². The molecule has 2 saturated heterocycles. The molecule has 2 aliphatic heterocycles. The second-order valence-electron chi connectivity index (χ2n) is 9.07. The number of likely N-dealkylation sites (N-methyl/N-ethyl adjacent to an activating group) is 1. The zero-order valence-electron chi connectivity index (χ0n) is 18.2. The van der Waals surface area contributed by atoms with Gasteiger partial charge in [0.2, 0.25) is 0 Å². The van der Waals surface area contributed by atoms with Gasteiger partial charge in [-0.25, -0.2) is 0 Å². The van der Waals surface area contributed by atoms with E-state index in [1.807, 2.05) is 12.1 Å². The van der Waals surface area contributed by atoms with Gasteiger partial charge in [0.1, 0.15) is 11.9 Å². The number of nitrogens with one attached hydrogen (secondary N) is 1. The van der Waals surface area contributed by atoms with E-state index in [9.17, 15) is 4.79 Å². The molecule has 3 fully saturated rings. The van der Waals surface area contributed by atoms with E-state index in [2.05, 4.69) is 22.0 Å². The number of ether oxygens (including phenoxy) is 1. The number of nitrogens with zero attached hydrogens (tertiary/aromatic N) is 2. The molecule has 1 aromatic rings. The Morgan fingerprint density at radius 1 is 1.10 bits per heavy atom. The van der Waals surface area contributed by atoms with Crippen LogP contribution in [0, 0.1) is 0 Å². The highest BCUT2D eigenvalue weighted by Crippen LogP contribution is 2.29. The second-order valence-corrected chi connectivity index (χ2v) is 9.50. The molecule has 1 saturated carbocycles. The topological polar surface area (TPSA) is 44.8 Å². The minimum absolute atomic E-state index is 0.0844. The Kier molecular flexibility index (Phi) is 7.55. The molecule has 4 rings (SSSR count). The Morgan fingerprint density at radius 2 is 1.87 bits per heavy atom. The van der Waals surface area contributed by atoms with Crippen LogP contribution in [-0.4, -0.2) is 66.6 Å². The molecule has 1 amide bonds. The lowest BCUT2D eigenvalue weighted by Crippen LogP contribution is -2.43. The fraction of sp³-hybridized carbons (Fsp3) is 0.708. The van der Waals surface area contributed by atoms with E-state index in [1.54, 1.807) is 6.07 Å². The third-order valence-corrected chi connectivity index (χ3v) is 7.44. The van der Waals surface area contributed by atoms with Crippen molar-refractivity contribution in [1.82, 2.24) is 15.1 Å². The molecular formula is C24H36ClN3O2. The van der Waals surface area contributed by atoms with Crippen molar-refractivity contribution in [3.8, 4) is 5.75 Å². The van der Waals surface area contributed by atoms with Crippen molar-refractivity contribution in [1.29, 1.82) is 0 Å². The third kappa shape index (κ3) is 5.30. The fourth-order valence-corrected chi connectivity index (χ4v) is 5.61. The first-order valence-electron chi connectivity index (χ1n) is 11.9. The van der Waals surface area contributed by atoms with Crippen molar-refractivity contribution < 1.29 is 9.53 Å². The predicted octanol–water partition coefficient (Wildman–Crippen LogP) is 4.34. The van der Waals surface area contributed by atoms with Crippen LogP contribution in [-0.2, 0) is 0 Å². The Morgan fingerprint density at radius 3 is 2.60 bits per heavy atom. The summed E-state index contributed by atoms with van der Waals surface area (Å²) in [5.74, 6) is 0.578. The van der Waals surface area contributed by atoms with E-state index in [-0.39, 0.29) is 12.0 Å². The zero-order valence-corrected chi connectivity index (χ0v) is 19.0. The summed E-state index contributed by atoms with van der Waals surface area (Å²) in [4.78, 5) is 18.0. The van der Waals surface area contributed by atoms with E-state index >= 15 is 0 Å². The fourth-order valence-electron chi connectivity index (χ4n) is 5.44. The number of likely N-dealkylation sites (tertiary alicyclic amines) is 2. The Labute approximate surface area is 186 Å². The summed E-state index contributed by atoms with van der Waals surface area (Å²) in [7, 11) is 0. The van der Waals surface area contributed by atoms with Crippen molar-refractivity contribution in [2.45, 2.75) is 76.5 Å². The van der Waals surface area contributed by atoms with Gasteiger partial charge < -0.3 is 15.0 Å². The monoisotopic (exact) mass is 433 g/mol. The molecule has 0 bridgehead atoms. The number of carbonyl (C=O) groups is 1. The minimum Gasteiger partial charge on any atom is -0.489 e. The summed E-state index contributed by atoms with van der Waals surface area (Å²) in [5.41, 5.74) is 0.557. The maximum Gasteiger partial charge on any atom is 0.255 e. The number of rotatable bonds is 7. The van der Waals surface area contributed by atoms with E-state index in [0.29, 0.717) is 28.9 Å². The maximum absolute atomic E-state index is 13.0. The number of hydrogen-bond donors (Lipinski definition) is 1. The molecule has 6 heteroatoms. The number of halogens is 1. The molecule has 1 N–H and O–H groups in total. The number of hydrogen-bond acceptors (Lipinski definition) is 4. The first-order valence-corrected chi connectivity index (χ1v) is 12.2. The van der Waals surface area contributed by atoms with E-state index < -0.39 is 0 Å². The summed E-state index contributed by atoms with van der Waals surface area (Å²) >= 11 is 6.22. The third-order valence-electron chi connectivity index (χ3n) is 7.20. The predicted molar refractivity (Wildman–Crippen MR) is 122 cm³/mol. The lowest BCUT2D eigenvalue weighted by Gasteiger charge is -2.36. The van der Waals surface area contributed by atoms with Crippen LogP contribution < -0.4 is 10.1 Å². The van der Waals surface area contributed by atoms with E-state index in [0.717, 1.165) is 51.5 Å². The summed E-state index contributed by atoms with van der Waals surface area (Å²) in [6, 6.07) is 6.63. The number of benzene rings is 1. The van der Waals surface area contributed by atoms with Crippen LogP contribution in [0.4, 0.5) is 0 Å². The zero-order chi connectivity index (χ0) is 20.9. The van der Waals surface area contributed by atoms with Gasteiger partial charge in [0.15, 0.2) is 0 Å². The SMILES string of the molecule is CCN1CCC[C@@H]1CNC(=O)c1cc(Cl)ccc1OC1CCN(C2CCCC2)CC1. The summed E-state index contributed by atoms with van der Waals surface area (Å²) in [6.07, 6.45) is 10.0. The van der Waals surface area contributed by atoms with Gasteiger partial charge in [-0.2, -0.15) is 0 Å². The molecule has 3 aliphatic rings. The second kappa shape index (κ2) is 10.3. The highest BCUT2D eigenvalue weighted by atomic mass is 35.5. The number of carbonyl (C=O) groups excluding carboxylic acids is 1. The average molecular weight is 434 g/mol. The smallest absolute Gasteiger partial charge is 0.255 e. The average Bonchev–Trinajstić information content (AvgIpc) is 3.45. The van der Waals surface area contributed by atoms with Crippen LogP contribution in [0.5, 0.6) is 5.75 Å². The standard InChI is InChI=1S/C24H36ClN3O2/c1-2-27-13-5-8-20(27)17-26-24(29)22-16-18(25)9-10-23(22)30-21-11-14-28(15-12-21)19-6-3-4-7-19/h9-10,16,19-21H,2-8,11-15,17H2,1H3,(H,26,29)/t20-/m1/s1. The van der Waals surface area contributed by atoms with Crippen LogP contribution in [0.3, 0.4) is 0 Å². The number of amides is 1. The highest BCUT2D eigenvalue weighted by molar-refractivity contribution is 6.31. The van der Waals surface area contributed by atoms with Crippen molar-refractivity contribution in [3.63, 3.8) is 0 Å². The summed E-state index contributed by atoms with van der Waals surface area (Å²) < 4.78 is 6.33. The van der Waals surface area contributed by atoms with E-state index in [1.165, 1.54) is 32.1 Å². The Hall–Kier alpha value is -1.30. The van der Waals surface area contributed by atoms with Crippen molar-refractivity contribution >= 4 is 17.5 Å². The molecular weight excluding hydrogens is 398 g/mol. The van der Waals surface area contributed by atoms with Gasteiger partial charge in [-0.05, 0) is 69.8 Å². The van der Waals surface area contributed by atoms with Crippen molar-refractivity contribution in [2.24, 2.45) is 0 Å². The van der Waals surface area contributed by atoms with E-state index in [4.69, 9.17) is 16.3 Å². The molecule has 2 heterocycles. The first-order chi connectivity index (χ1) is 14.6. The Balaban J connectivity index is 1.34. The molecule has 1 atom stereocenters. The van der Waals surface area contributed by atoms with Crippen molar-refractivity contribution in [2.75, 3.05) is 32.7 Å². The first kappa shape index (κ1) is 21.9. The van der Waals surface area contributed by atoms with Gasteiger partial charge in [0.25, 0.3) is 5.91 Å². The number of piperidine rings is 1. The molecule has 1 aromatic carbocycles. The van der Waals surface area contributed by atoms with Crippen molar-refractivity contribution in [3.05, 3.63) is 28.8 Å². The lowest BCUT2D eigenvalue weighted by molar-refractivity contribution is 0.0749. The Bertz CT molecular complexity index is 714. The van der Waals surface area contributed by atoms with Gasteiger partial charge in [0.05, 0.1) is 5.56 Å². The van der Waals surface area contributed by atoms with Gasteiger partial charge in [-0.1, -0.05) is 31.4 Å². The molecule has 166 valence electrons. The minimum atomic E-state index is -0.0844. The molecule has 5 nitrogen and oxygen atoms in total. The molecule has 1 aliphatic carbocycles. The largest absolute Gasteiger partial charge is 0.489 e. The normalized spacial score (nSPS) is 24.4. The molecule has 0 radical (unpaired) electrons. The molecule has 0 unspecified atom stereocenters. The van der Waals surface area contributed by atoms with Crippen LogP contribution in [0.1, 0.15) is 68.6 Å². The molecule has 30 heavy (non-hydrogen) atoms. The van der Waals surface area contributed by atoms with Gasteiger partial charge in [0, 0.05) is 36.7 Å². The maximum atomic E-state index is 13.0. The summed E-state index contributed by atoms with van der Waals surface area (Å²) in [6.45, 7) is 7.21. The quantitative estimate of drug-likeness (QED) is 0.694.